The Morgan fingerprint density at radius 3 is 2.13 bits per heavy atom. The van der Waals surface area contributed by atoms with Crippen molar-refractivity contribution in [1.29, 1.82) is 0 Å². The van der Waals surface area contributed by atoms with Gasteiger partial charge in [-0.2, -0.15) is 18.8 Å². The van der Waals surface area contributed by atoms with Gasteiger partial charge in [0.2, 0.25) is 24.5 Å². The highest BCUT2D eigenvalue weighted by Crippen LogP contribution is 2.67. The molecule has 0 aromatic carbocycles. The summed E-state index contributed by atoms with van der Waals surface area (Å²) in [6, 6.07) is 0. The van der Waals surface area contributed by atoms with Crippen LogP contribution in [-0.4, -0.2) is 173 Å². The van der Waals surface area contributed by atoms with Crippen LogP contribution in [0.3, 0.4) is 0 Å². The Hall–Kier alpha value is -4.95. The van der Waals surface area contributed by atoms with Gasteiger partial charge in [0.15, 0.2) is 35.1 Å². The standard InChI is InChI=1S/C36H50N15O21P3S/c1-48-12-51(29-20(48)31(56)47-36(39)45-29)32-21(52)14(4-5-63-2)15(68-32)7-66-73(57,58)71-75(61,62)72-74(59,60)67-8-17-25(24(64-3)34(70-17)49-10-42-18-26(37)40-9-41-27(18)49)76-13-65-6-16-22(53)23(54)33(69-16)50-11-43-19-28(50)44-35(38)46-30(19)55/h9-12,14-17,21-25,32-34,52-54H,4-8,13H2,1-3H3,(H10-,37,38,39,40,41,44,45,46,47,55,56,57,58,59,60,61,62)/t14-,15-,16-,17-,21-,22-,23-,24-,25-,32-,33-,34-/m1/s1. The van der Waals surface area contributed by atoms with Gasteiger partial charge in [0.05, 0.1) is 62.9 Å². The molecule has 6 aromatic heterocycles. The molecule has 0 spiro atoms. The van der Waals surface area contributed by atoms with Crippen molar-refractivity contribution < 1.29 is 94.4 Å². The number of fused-ring (bicyclic) bond motifs is 3. The van der Waals surface area contributed by atoms with Crippen LogP contribution < -0.4 is 37.8 Å². The second-order valence-electron chi connectivity index (χ2n) is 17.2. The molecule has 76 heavy (non-hydrogen) atoms. The summed E-state index contributed by atoms with van der Waals surface area (Å²) in [5.41, 5.74) is 16.6. The highest BCUT2D eigenvalue weighted by molar-refractivity contribution is 7.99. The lowest BCUT2D eigenvalue weighted by Gasteiger charge is -2.27. The first kappa shape index (κ1) is 55.8. The minimum absolute atomic E-state index is 0.0114. The minimum Gasteiger partial charge on any atom is -0.756 e. The highest BCUT2D eigenvalue weighted by atomic mass is 32.2. The predicted molar refractivity (Wildman–Crippen MR) is 252 cm³/mol. The van der Waals surface area contributed by atoms with E-state index < -0.39 is 120 Å². The number of nitrogens with two attached hydrogens (primary N) is 3. The van der Waals surface area contributed by atoms with E-state index in [4.69, 9.17) is 54.7 Å². The molecule has 416 valence electrons. The molecule has 0 radical (unpaired) electrons. The molecule has 0 aliphatic carbocycles. The number of phosphoric ester groups is 2. The molecule has 3 unspecified atom stereocenters. The topological polar surface area (TPSA) is 508 Å². The smallest absolute Gasteiger partial charge is 0.487 e. The van der Waals surface area contributed by atoms with Gasteiger partial charge in [-0.1, -0.05) is 0 Å². The molecule has 15 atom stereocenters. The molecule has 9 heterocycles. The Labute approximate surface area is 429 Å². The second-order valence-corrected chi connectivity index (χ2v) is 22.9. The number of ether oxygens (including phenoxy) is 6. The van der Waals surface area contributed by atoms with E-state index in [0.717, 1.165) is 11.8 Å². The molecule has 9 rings (SSSR count). The average molecular weight is 1150 g/mol. The summed E-state index contributed by atoms with van der Waals surface area (Å²) >= 11 is 1.00. The molecule has 3 aliphatic heterocycles. The lowest BCUT2D eigenvalue weighted by Crippen LogP contribution is -2.35. The molecule has 3 saturated heterocycles. The van der Waals surface area contributed by atoms with Crippen LogP contribution in [-0.2, 0) is 66.8 Å². The fourth-order valence-corrected chi connectivity index (χ4v) is 13.6. The van der Waals surface area contributed by atoms with Crippen molar-refractivity contribution in [3.05, 3.63) is 46.0 Å². The average Bonchev–Trinajstić information content (AvgIpc) is 4.22. The maximum atomic E-state index is 13.3. The van der Waals surface area contributed by atoms with E-state index >= 15 is 0 Å². The summed E-state index contributed by atoms with van der Waals surface area (Å²) in [5, 5.41) is 32.3. The van der Waals surface area contributed by atoms with Crippen molar-refractivity contribution in [1.82, 2.24) is 53.6 Å². The number of nitrogens with zero attached hydrogens (tertiary/aromatic N) is 10. The molecule has 3 aliphatic rings. The van der Waals surface area contributed by atoms with E-state index in [2.05, 4.69) is 48.5 Å². The summed E-state index contributed by atoms with van der Waals surface area (Å²) < 4.78 is 98.3. The van der Waals surface area contributed by atoms with Crippen LogP contribution in [0.1, 0.15) is 25.1 Å². The largest absolute Gasteiger partial charge is 0.756 e. The van der Waals surface area contributed by atoms with Crippen LogP contribution in [0.15, 0.2) is 34.9 Å². The number of thioether (sulfide) groups is 1. The number of methoxy groups -OCH3 is 2. The fraction of sp³-hybridized carbons (Fsp3) is 0.583. The molecule has 3 fully saturated rings. The van der Waals surface area contributed by atoms with Crippen molar-refractivity contribution in [2.45, 2.75) is 73.1 Å². The maximum Gasteiger partial charge on any atom is 0.487 e. The number of aryl methyl sites for hydroxylation is 1. The second kappa shape index (κ2) is 22.1. The van der Waals surface area contributed by atoms with Crippen molar-refractivity contribution >= 4 is 86.4 Å². The highest BCUT2D eigenvalue weighted by Gasteiger charge is 2.51. The van der Waals surface area contributed by atoms with E-state index in [1.807, 2.05) is 0 Å². The van der Waals surface area contributed by atoms with E-state index in [1.165, 1.54) is 64.8 Å². The van der Waals surface area contributed by atoms with Gasteiger partial charge in [-0.25, -0.2) is 37.9 Å². The van der Waals surface area contributed by atoms with Crippen molar-refractivity contribution in [2.24, 2.45) is 13.0 Å². The number of nitrogen functional groups attached to an aromatic ring is 3. The molecular formula is C36H50N15O21P3S. The first-order valence-electron chi connectivity index (χ1n) is 22.3. The third kappa shape index (κ3) is 11.3. The van der Waals surface area contributed by atoms with E-state index in [1.54, 1.807) is 0 Å². The first-order valence-corrected chi connectivity index (χ1v) is 27.8. The number of aliphatic hydroxyl groups excluding tert-OH is 3. The van der Waals surface area contributed by atoms with Crippen LogP contribution in [0.2, 0.25) is 0 Å². The number of aromatic amines is 2. The Balaban J connectivity index is 0.846. The lowest BCUT2D eigenvalue weighted by atomic mass is 9.95. The number of imidazole rings is 3. The zero-order valence-corrected chi connectivity index (χ0v) is 43.2. The van der Waals surface area contributed by atoms with E-state index in [-0.39, 0.29) is 76.8 Å². The third-order valence-corrected chi connectivity index (χ3v) is 17.8. The number of aliphatic hydroxyl groups is 3. The predicted octanol–water partition coefficient (Wildman–Crippen LogP) is -3.48. The van der Waals surface area contributed by atoms with Gasteiger partial charge in [-0.05, 0) is 6.42 Å². The minimum atomic E-state index is -6.11. The lowest BCUT2D eigenvalue weighted by molar-refractivity contribution is -0.646. The maximum absolute atomic E-state index is 13.3. The van der Waals surface area contributed by atoms with Gasteiger partial charge >= 0.3 is 21.2 Å². The van der Waals surface area contributed by atoms with Gasteiger partial charge in [0.25, 0.3) is 24.5 Å². The molecule has 40 heteroatoms. The molecule has 0 bridgehead atoms. The van der Waals surface area contributed by atoms with E-state index in [9.17, 15) is 53.3 Å². The number of rotatable bonds is 22. The summed E-state index contributed by atoms with van der Waals surface area (Å²) in [5.74, 6) is -1.59. The molecule has 0 amide bonds. The normalized spacial score (nSPS) is 29.4. The van der Waals surface area contributed by atoms with Gasteiger partial charge in [0.1, 0.15) is 42.4 Å². The number of hydrogen-bond donors (Lipinski definition) is 10. The summed E-state index contributed by atoms with van der Waals surface area (Å²) in [7, 11) is -13.6. The molecule has 6 aromatic rings. The molecule has 13 N–H and O–H groups in total. The first-order chi connectivity index (χ1) is 36.0. The molecular weight excluding hydrogens is 1100 g/mol. The number of anilines is 3. The Bertz CT molecular complexity index is 3370. The fourth-order valence-electron chi connectivity index (χ4n) is 8.99. The van der Waals surface area contributed by atoms with Crippen LogP contribution in [0.4, 0.5) is 17.7 Å². The van der Waals surface area contributed by atoms with Crippen LogP contribution in [0.25, 0.3) is 33.5 Å². The number of aromatic nitrogens is 12. The SMILES string of the molecule is COCC[C@H]1[C@@H](O)[C@H](n2c[n+](C)c3c(=O)[nH]c(N)nc32)O[C@@H]1COP(=O)([O-])OP(=O)(O)OP(=O)(O)OC[C@H]1O[C@@H](n2cnc3c(N)ncnc32)[C@H](OC)[C@@H]1SCOC[C@H]1O[C@@H](n2cnc3c(=O)[nH]c(N)nc32)[C@H](O)[C@@H]1O. The van der Waals surface area contributed by atoms with Crippen molar-refractivity contribution in [3.8, 4) is 0 Å². The summed E-state index contributed by atoms with van der Waals surface area (Å²) in [6.07, 6.45) is -7.70. The van der Waals surface area contributed by atoms with Crippen molar-refractivity contribution in [3.63, 3.8) is 0 Å². The summed E-state index contributed by atoms with van der Waals surface area (Å²) in [4.78, 5) is 88.5. The van der Waals surface area contributed by atoms with Crippen LogP contribution in [0, 0.1) is 5.92 Å². The van der Waals surface area contributed by atoms with Gasteiger partial charge in [0, 0.05) is 26.7 Å². The monoisotopic (exact) mass is 1150 g/mol. The van der Waals surface area contributed by atoms with Gasteiger partial charge in [-0.15, -0.1) is 11.8 Å². The van der Waals surface area contributed by atoms with Crippen LogP contribution in [0.5, 0.6) is 0 Å². The zero-order chi connectivity index (χ0) is 54.6. The number of phosphoric acid groups is 3. The van der Waals surface area contributed by atoms with Gasteiger partial charge in [-0.3, -0.25) is 37.8 Å². The third-order valence-electron chi connectivity index (χ3n) is 12.4. The zero-order valence-electron chi connectivity index (χ0n) is 39.7. The molecule has 36 nitrogen and oxygen atoms in total. The number of H-pyrrole nitrogens is 2. The van der Waals surface area contributed by atoms with Crippen LogP contribution >= 0.6 is 35.2 Å². The Morgan fingerprint density at radius 1 is 0.763 bits per heavy atom. The van der Waals surface area contributed by atoms with Gasteiger partial charge < -0.3 is 80.1 Å². The van der Waals surface area contributed by atoms with Crippen molar-refractivity contribution in [2.75, 3.05) is 63.8 Å². The van der Waals surface area contributed by atoms with E-state index in [0.29, 0.717) is 0 Å². The number of nitrogens with one attached hydrogen (secondary N) is 2. The molecule has 0 saturated carbocycles. The number of hydrogen-bond acceptors (Lipinski definition) is 29. The quantitative estimate of drug-likeness (QED) is 0.0137. The summed E-state index contributed by atoms with van der Waals surface area (Å²) in [6.45, 7) is -2.13. The Morgan fingerprint density at radius 2 is 1.41 bits per heavy atom. The Kier molecular flexibility index (Phi) is 16.2.